The zero-order valence-electron chi connectivity index (χ0n) is 4.18. The smallest absolute Gasteiger partial charge is 0.120 e. The van der Waals surface area contributed by atoms with Crippen LogP contribution in [0.25, 0.3) is 0 Å². The van der Waals surface area contributed by atoms with Crippen molar-refractivity contribution in [2.24, 2.45) is 0 Å². The molecular formula is C6H8O. The Morgan fingerprint density at radius 1 is 1.57 bits per heavy atom. The molecule has 0 radical (unpaired) electrons. The van der Waals surface area contributed by atoms with Crippen LogP contribution in [0.2, 0.25) is 0 Å². The average Bonchev–Trinajstić information content (AvgIpc) is 1.69. The minimum atomic E-state index is 0.771. The third-order valence-corrected chi connectivity index (χ3v) is 0.598. The summed E-state index contributed by atoms with van der Waals surface area (Å²) >= 11 is 0. The van der Waals surface area contributed by atoms with E-state index in [4.69, 9.17) is 0 Å². The Hall–Kier alpha value is -0.810. The van der Waals surface area contributed by atoms with Gasteiger partial charge in [-0.2, -0.15) is 0 Å². The van der Waals surface area contributed by atoms with E-state index in [-0.39, 0.29) is 0 Å². The Kier molecular flexibility index (Phi) is 4.59. The van der Waals surface area contributed by atoms with Crippen molar-refractivity contribution in [1.82, 2.24) is 0 Å². The van der Waals surface area contributed by atoms with Crippen molar-refractivity contribution in [3.8, 4) is 0 Å². The van der Waals surface area contributed by atoms with E-state index in [1.807, 2.05) is 0 Å². The largest absolute Gasteiger partial charge is 0.234 e. The predicted octanol–water partition coefficient (Wildman–Crippen LogP) is 1.34. The monoisotopic (exact) mass is 96.1 g/mol. The minimum absolute atomic E-state index is 0.771. The van der Waals surface area contributed by atoms with Crippen LogP contribution in [0.3, 0.4) is 0 Å². The van der Waals surface area contributed by atoms with Gasteiger partial charge in [0.15, 0.2) is 0 Å². The molecule has 0 aliphatic rings. The molecule has 0 heterocycles. The predicted molar refractivity (Wildman–Crippen MR) is 29.7 cm³/mol. The summed E-state index contributed by atoms with van der Waals surface area (Å²) in [6, 6.07) is 0. The van der Waals surface area contributed by atoms with Gasteiger partial charge >= 0.3 is 0 Å². The van der Waals surface area contributed by atoms with Crippen LogP contribution in [-0.2, 0) is 4.79 Å². The number of hydrogen-bond acceptors (Lipinski definition) is 1. The minimum Gasteiger partial charge on any atom is -0.234 e. The molecule has 0 aromatic rings. The van der Waals surface area contributed by atoms with Crippen LogP contribution in [-0.4, -0.2) is 5.94 Å². The molecule has 0 amide bonds. The molecule has 0 aliphatic carbocycles. The van der Waals surface area contributed by atoms with E-state index in [1.54, 1.807) is 12.0 Å². The standard InChI is InChI=1S/C6H8O/c1-2-3-4-5-6-7/h2,5H,1,3-4H2. The van der Waals surface area contributed by atoms with Gasteiger partial charge in [-0.05, 0) is 12.8 Å². The van der Waals surface area contributed by atoms with E-state index >= 15 is 0 Å². The van der Waals surface area contributed by atoms with Gasteiger partial charge in [0.05, 0.1) is 0 Å². The summed E-state index contributed by atoms with van der Waals surface area (Å²) in [6.07, 6.45) is 4.87. The Morgan fingerprint density at radius 3 is 2.71 bits per heavy atom. The maximum atomic E-state index is 9.46. The van der Waals surface area contributed by atoms with Crippen molar-refractivity contribution in [3.63, 3.8) is 0 Å². The normalized spacial score (nSPS) is 6.86. The van der Waals surface area contributed by atoms with Crippen molar-refractivity contribution >= 4 is 5.94 Å². The molecule has 0 spiro atoms. The molecule has 1 nitrogen and oxygen atoms in total. The second-order valence-corrected chi connectivity index (χ2v) is 1.19. The molecule has 7 heavy (non-hydrogen) atoms. The van der Waals surface area contributed by atoms with Crippen LogP contribution in [0.5, 0.6) is 0 Å². The third-order valence-electron chi connectivity index (χ3n) is 0.598. The highest BCUT2D eigenvalue weighted by atomic mass is 16.1. The van der Waals surface area contributed by atoms with Crippen LogP contribution in [0.4, 0.5) is 0 Å². The van der Waals surface area contributed by atoms with Crippen LogP contribution < -0.4 is 0 Å². The first-order chi connectivity index (χ1) is 3.41. The van der Waals surface area contributed by atoms with Gasteiger partial charge in [-0.1, -0.05) is 6.08 Å². The van der Waals surface area contributed by atoms with Gasteiger partial charge < -0.3 is 0 Å². The van der Waals surface area contributed by atoms with E-state index in [0.29, 0.717) is 0 Å². The maximum Gasteiger partial charge on any atom is 0.120 e. The van der Waals surface area contributed by atoms with E-state index in [1.165, 1.54) is 6.08 Å². The maximum absolute atomic E-state index is 9.46. The number of hydrogen-bond donors (Lipinski definition) is 0. The van der Waals surface area contributed by atoms with Gasteiger partial charge in [0.25, 0.3) is 0 Å². The third kappa shape index (κ3) is 5.19. The van der Waals surface area contributed by atoms with Crippen LogP contribution in [0.15, 0.2) is 18.7 Å². The summed E-state index contributed by atoms with van der Waals surface area (Å²) in [5, 5.41) is 0. The van der Waals surface area contributed by atoms with E-state index < -0.39 is 0 Å². The van der Waals surface area contributed by atoms with Crippen LogP contribution >= 0.6 is 0 Å². The van der Waals surface area contributed by atoms with E-state index in [0.717, 1.165) is 12.8 Å². The van der Waals surface area contributed by atoms with Crippen molar-refractivity contribution in [2.45, 2.75) is 12.8 Å². The van der Waals surface area contributed by atoms with Crippen LogP contribution in [0.1, 0.15) is 12.8 Å². The second kappa shape index (κ2) is 5.19. The van der Waals surface area contributed by atoms with Crippen molar-refractivity contribution < 1.29 is 4.79 Å². The van der Waals surface area contributed by atoms with Gasteiger partial charge in [0.1, 0.15) is 5.94 Å². The Bertz CT molecular complexity index is 88.4. The molecule has 0 saturated carbocycles. The molecule has 38 valence electrons. The zero-order chi connectivity index (χ0) is 5.54. The molecule has 0 aromatic carbocycles. The summed E-state index contributed by atoms with van der Waals surface area (Å²) in [4.78, 5) is 9.46. The first kappa shape index (κ1) is 6.19. The fraction of sp³-hybridized carbons (Fsp3) is 0.333. The number of unbranched alkanes of at least 4 members (excludes halogenated alkanes) is 1. The summed E-state index contributed by atoms with van der Waals surface area (Å²) in [7, 11) is 0. The van der Waals surface area contributed by atoms with E-state index in [2.05, 4.69) is 6.58 Å². The quantitative estimate of drug-likeness (QED) is 0.294. The molecule has 0 unspecified atom stereocenters. The molecule has 1 heteroatoms. The second-order valence-electron chi connectivity index (χ2n) is 1.19. The number of carbonyl (C=O) groups excluding carboxylic acids is 1. The lowest BCUT2D eigenvalue weighted by Crippen LogP contribution is -1.60. The lowest BCUT2D eigenvalue weighted by Gasteiger charge is -1.75. The van der Waals surface area contributed by atoms with Crippen molar-refractivity contribution in [2.75, 3.05) is 0 Å². The van der Waals surface area contributed by atoms with Gasteiger partial charge in [0, 0.05) is 6.08 Å². The summed E-state index contributed by atoms with van der Waals surface area (Å²) < 4.78 is 0. The fourth-order valence-electron chi connectivity index (χ4n) is 0.260. The molecule has 0 bridgehead atoms. The number of rotatable bonds is 3. The average molecular weight is 96.1 g/mol. The van der Waals surface area contributed by atoms with Crippen LogP contribution in [0, 0.1) is 0 Å². The first-order valence-corrected chi connectivity index (χ1v) is 2.22. The lowest BCUT2D eigenvalue weighted by atomic mass is 10.3. The van der Waals surface area contributed by atoms with Crippen molar-refractivity contribution in [3.05, 3.63) is 18.7 Å². The molecule has 0 N–H and O–H groups in total. The SMILES string of the molecule is C=CCCC=C=O. The van der Waals surface area contributed by atoms with Gasteiger partial charge in [-0.25, -0.2) is 4.79 Å². The highest BCUT2D eigenvalue weighted by molar-refractivity contribution is 5.44. The molecule has 0 rings (SSSR count). The molecule has 0 aliphatic heterocycles. The highest BCUT2D eigenvalue weighted by Gasteiger charge is 1.69. The highest BCUT2D eigenvalue weighted by Crippen LogP contribution is 1.85. The van der Waals surface area contributed by atoms with Gasteiger partial charge in [-0.3, -0.25) is 0 Å². The lowest BCUT2D eigenvalue weighted by molar-refractivity contribution is 0.568. The van der Waals surface area contributed by atoms with E-state index in [9.17, 15) is 4.79 Å². The first-order valence-electron chi connectivity index (χ1n) is 2.22. The topological polar surface area (TPSA) is 17.1 Å². The fourth-order valence-corrected chi connectivity index (χ4v) is 0.260. The van der Waals surface area contributed by atoms with Crippen molar-refractivity contribution in [1.29, 1.82) is 0 Å². The molecular weight excluding hydrogens is 88.1 g/mol. The Balaban J connectivity index is 2.97. The summed E-state index contributed by atoms with van der Waals surface area (Å²) in [6.45, 7) is 3.48. The molecule has 0 fully saturated rings. The number of allylic oxidation sites excluding steroid dienone is 2. The summed E-state index contributed by atoms with van der Waals surface area (Å²) in [5.41, 5.74) is 0. The Labute approximate surface area is 43.3 Å². The molecule has 0 saturated heterocycles. The van der Waals surface area contributed by atoms with Gasteiger partial charge in [0.2, 0.25) is 0 Å². The summed E-state index contributed by atoms with van der Waals surface area (Å²) in [5.74, 6) is 1.68. The Morgan fingerprint density at radius 2 is 2.29 bits per heavy atom. The molecule has 0 atom stereocenters. The zero-order valence-corrected chi connectivity index (χ0v) is 4.18. The molecule has 0 aromatic heterocycles. The van der Waals surface area contributed by atoms with Gasteiger partial charge in [-0.15, -0.1) is 6.58 Å².